The molecular weight excluding hydrogens is 250 g/mol. The highest BCUT2D eigenvalue weighted by molar-refractivity contribution is 5.78. The highest BCUT2D eigenvalue weighted by Gasteiger charge is 2.19. The minimum absolute atomic E-state index is 0.0727. The molecule has 1 aromatic carbocycles. The number of piperidine rings is 1. The lowest BCUT2D eigenvalue weighted by Gasteiger charge is -2.28. The molecule has 1 saturated heterocycles. The summed E-state index contributed by atoms with van der Waals surface area (Å²) in [5, 5.41) is 6.20. The van der Waals surface area contributed by atoms with Crippen LogP contribution in [0.2, 0.25) is 0 Å². The first-order chi connectivity index (χ1) is 9.04. The Balaban J connectivity index is 1.85. The molecule has 1 aromatic rings. The van der Waals surface area contributed by atoms with Crippen molar-refractivity contribution in [3.8, 4) is 0 Å². The summed E-state index contributed by atoms with van der Waals surface area (Å²) in [7, 11) is 0. The van der Waals surface area contributed by atoms with Gasteiger partial charge >= 0.3 is 0 Å². The summed E-state index contributed by atoms with van der Waals surface area (Å²) < 4.78 is 25.8. The fourth-order valence-corrected chi connectivity index (χ4v) is 2.24. The second-order valence-corrected chi connectivity index (χ2v) is 5.08. The van der Waals surface area contributed by atoms with Gasteiger partial charge in [-0.2, -0.15) is 0 Å². The smallest absolute Gasteiger partial charge is 0.224 e. The van der Waals surface area contributed by atoms with E-state index >= 15 is 0 Å². The Labute approximate surface area is 111 Å². The zero-order chi connectivity index (χ0) is 13.8. The Kier molecular flexibility index (Phi) is 4.47. The highest BCUT2D eigenvalue weighted by Crippen LogP contribution is 2.10. The highest BCUT2D eigenvalue weighted by atomic mass is 19.2. The van der Waals surface area contributed by atoms with Gasteiger partial charge in [-0.1, -0.05) is 6.07 Å². The van der Waals surface area contributed by atoms with E-state index in [1.807, 2.05) is 0 Å². The fourth-order valence-electron chi connectivity index (χ4n) is 2.24. The molecule has 2 atom stereocenters. The molecule has 1 aliphatic heterocycles. The van der Waals surface area contributed by atoms with Crippen LogP contribution in [0.5, 0.6) is 0 Å². The Bertz CT molecular complexity index is 457. The predicted molar refractivity (Wildman–Crippen MR) is 68.7 cm³/mol. The van der Waals surface area contributed by atoms with Gasteiger partial charge in [0.05, 0.1) is 6.42 Å². The van der Waals surface area contributed by atoms with E-state index in [1.165, 1.54) is 6.07 Å². The van der Waals surface area contributed by atoms with Crippen molar-refractivity contribution in [3.63, 3.8) is 0 Å². The molecule has 0 aliphatic carbocycles. The number of carbonyl (C=O) groups excluding carboxylic acids is 1. The second-order valence-electron chi connectivity index (χ2n) is 5.08. The lowest BCUT2D eigenvalue weighted by Crippen LogP contribution is -2.49. The molecule has 1 amide bonds. The van der Waals surface area contributed by atoms with Crippen molar-refractivity contribution < 1.29 is 13.6 Å². The van der Waals surface area contributed by atoms with Crippen molar-refractivity contribution in [1.29, 1.82) is 0 Å². The number of amides is 1. The van der Waals surface area contributed by atoms with Gasteiger partial charge in [0.15, 0.2) is 11.6 Å². The van der Waals surface area contributed by atoms with Crippen molar-refractivity contribution in [2.45, 2.75) is 38.3 Å². The molecule has 0 spiro atoms. The zero-order valence-electron chi connectivity index (χ0n) is 10.9. The van der Waals surface area contributed by atoms with Crippen LogP contribution in [-0.2, 0) is 11.2 Å². The molecular formula is C14H18F2N2O. The first-order valence-electron chi connectivity index (χ1n) is 6.51. The number of benzene rings is 1. The standard InChI is InChI=1S/C14H18F2N2O/c1-9-2-4-11(8-17-9)18-14(19)7-10-3-5-12(15)13(16)6-10/h3,5-6,9,11,17H,2,4,7-8H2,1H3,(H,18,19). The fraction of sp³-hybridized carbons (Fsp3) is 0.500. The van der Waals surface area contributed by atoms with E-state index < -0.39 is 11.6 Å². The van der Waals surface area contributed by atoms with Gasteiger partial charge in [-0.25, -0.2) is 8.78 Å². The molecule has 0 radical (unpaired) electrons. The third kappa shape index (κ3) is 3.99. The molecule has 0 saturated carbocycles. The topological polar surface area (TPSA) is 41.1 Å². The van der Waals surface area contributed by atoms with Gasteiger partial charge < -0.3 is 10.6 Å². The molecule has 1 aliphatic rings. The van der Waals surface area contributed by atoms with Crippen LogP contribution in [0.25, 0.3) is 0 Å². The summed E-state index contributed by atoms with van der Waals surface area (Å²) in [6, 6.07) is 4.14. The Morgan fingerprint density at radius 1 is 1.37 bits per heavy atom. The first kappa shape index (κ1) is 13.9. The Hall–Kier alpha value is -1.49. The quantitative estimate of drug-likeness (QED) is 0.877. The monoisotopic (exact) mass is 268 g/mol. The van der Waals surface area contributed by atoms with Crippen molar-refractivity contribution in [3.05, 3.63) is 35.4 Å². The van der Waals surface area contributed by atoms with E-state index in [2.05, 4.69) is 17.6 Å². The minimum Gasteiger partial charge on any atom is -0.352 e. The maximum atomic E-state index is 13.0. The van der Waals surface area contributed by atoms with E-state index in [0.29, 0.717) is 11.6 Å². The number of hydrogen-bond acceptors (Lipinski definition) is 2. The molecule has 0 aromatic heterocycles. The molecule has 19 heavy (non-hydrogen) atoms. The van der Waals surface area contributed by atoms with Gasteiger partial charge in [0.1, 0.15) is 0 Å². The zero-order valence-corrected chi connectivity index (χ0v) is 10.9. The molecule has 2 rings (SSSR count). The number of hydrogen-bond donors (Lipinski definition) is 2. The van der Waals surface area contributed by atoms with Crippen LogP contribution in [0.15, 0.2) is 18.2 Å². The summed E-state index contributed by atoms with van der Waals surface area (Å²) in [4.78, 5) is 11.8. The molecule has 2 N–H and O–H groups in total. The normalized spacial score (nSPS) is 23.1. The van der Waals surface area contributed by atoms with E-state index in [9.17, 15) is 13.6 Å². The van der Waals surface area contributed by atoms with Crippen molar-refractivity contribution in [2.24, 2.45) is 0 Å². The number of rotatable bonds is 3. The predicted octanol–water partition coefficient (Wildman–Crippen LogP) is 1.76. The van der Waals surface area contributed by atoms with Crippen molar-refractivity contribution in [2.75, 3.05) is 6.54 Å². The first-order valence-corrected chi connectivity index (χ1v) is 6.51. The van der Waals surface area contributed by atoms with Crippen LogP contribution < -0.4 is 10.6 Å². The van der Waals surface area contributed by atoms with Crippen LogP contribution in [0.1, 0.15) is 25.3 Å². The van der Waals surface area contributed by atoms with Crippen molar-refractivity contribution >= 4 is 5.91 Å². The molecule has 1 fully saturated rings. The summed E-state index contributed by atoms with van der Waals surface area (Å²) >= 11 is 0. The third-order valence-electron chi connectivity index (χ3n) is 3.37. The molecule has 2 unspecified atom stereocenters. The van der Waals surface area contributed by atoms with Crippen LogP contribution >= 0.6 is 0 Å². The van der Waals surface area contributed by atoms with E-state index in [-0.39, 0.29) is 18.4 Å². The Morgan fingerprint density at radius 3 is 2.79 bits per heavy atom. The van der Waals surface area contributed by atoms with E-state index in [4.69, 9.17) is 0 Å². The van der Waals surface area contributed by atoms with Crippen LogP contribution in [-0.4, -0.2) is 24.5 Å². The largest absolute Gasteiger partial charge is 0.352 e. The van der Waals surface area contributed by atoms with Crippen LogP contribution in [0.4, 0.5) is 8.78 Å². The van der Waals surface area contributed by atoms with Gasteiger partial charge in [-0.3, -0.25) is 4.79 Å². The molecule has 0 bridgehead atoms. The van der Waals surface area contributed by atoms with Crippen LogP contribution in [0.3, 0.4) is 0 Å². The van der Waals surface area contributed by atoms with Crippen LogP contribution in [0, 0.1) is 11.6 Å². The molecule has 104 valence electrons. The summed E-state index contributed by atoms with van der Waals surface area (Å²) in [6.07, 6.45) is 2.04. The maximum Gasteiger partial charge on any atom is 0.224 e. The average molecular weight is 268 g/mol. The van der Waals surface area contributed by atoms with E-state index in [0.717, 1.165) is 31.5 Å². The third-order valence-corrected chi connectivity index (χ3v) is 3.37. The average Bonchev–Trinajstić information content (AvgIpc) is 2.37. The second kappa shape index (κ2) is 6.10. The van der Waals surface area contributed by atoms with Gasteiger partial charge in [0.2, 0.25) is 5.91 Å². The minimum atomic E-state index is -0.918. The van der Waals surface area contributed by atoms with Gasteiger partial charge in [0.25, 0.3) is 0 Å². The number of nitrogens with one attached hydrogen (secondary N) is 2. The Morgan fingerprint density at radius 2 is 2.16 bits per heavy atom. The molecule has 1 heterocycles. The van der Waals surface area contributed by atoms with Gasteiger partial charge in [-0.05, 0) is 37.5 Å². The molecule has 5 heteroatoms. The van der Waals surface area contributed by atoms with Gasteiger partial charge in [-0.15, -0.1) is 0 Å². The lowest BCUT2D eigenvalue weighted by atomic mass is 10.0. The lowest BCUT2D eigenvalue weighted by molar-refractivity contribution is -0.121. The molecule has 3 nitrogen and oxygen atoms in total. The van der Waals surface area contributed by atoms with Gasteiger partial charge in [0, 0.05) is 18.6 Å². The SMILES string of the molecule is CC1CCC(NC(=O)Cc2ccc(F)c(F)c2)CN1. The summed E-state index contributed by atoms with van der Waals surface area (Å²) in [5.74, 6) is -1.97. The number of halogens is 2. The van der Waals surface area contributed by atoms with E-state index in [1.54, 1.807) is 0 Å². The number of carbonyl (C=O) groups is 1. The summed E-state index contributed by atoms with van der Waals surface area (Å²) in [6.45, 7) is 2.87. The summed E-state index contributed by atoms with van der Waals surface area (Å²) in [5.41, 5.74) is 0.480. The van der Waals surface area contributed by atoms with Crippen molar-refractivity contribution in [1.82, 2.24) is 10.6 Å². The maximum absolute atomic E-state index is 13.0.